The number of aliphatic carboxylic acids is 1. The quantitative estimate of drug-likeness (QED) is 0.822. The van der Waals surface area contributed by atoms with Gasteiger partial charge in [0, 0.05) is 5.41 Å². The summed E-state index contributed by atoms with van der Waals surface area (Å²) >= 11 is 0. The van der Waals surface area contributed by atoms with Crippen molar-refractivity contribution in [2.24, 2.45) is 0 Å². The Morgan fingerprint density at radius 2 is 1.94 bits per heavy atom. The van der Waals surface area contributed by atoms with Crippen LogP contribution in [0.5, 0.6) is 5.75 Å². The number of rotatable bonds is 3. The van der Waals surface area contributed by atoms with Gasteiger partial charge in [-0.05, 0) is 49.4 Å². The van der Waals surface area contributed by atoms with Crippen molar-refractivity contribution in [2.45, 2.75) is 38.5 Å². The second kappa shape index (κ2) is 3.51. The van der Waals surface area contributed by atoms with Crippen molar-refractivity contribution in [3.05, 3.63) is 28.8 Å². The summed E-state index contributed by atoms with van der Waals surface area (Å²) in [6.45, 7) is 3.82. The molecule has 0 spiro atoms. The normalized spacial score (nSPS) is 17.1. The molecular formula is C13H16O3. The summed E-state index contributed by atoms with van der Waals surface area (Å²) in [5, 5.41) is 18.5. The minimum atomic E-state index is -0.748. The minimum Gasteiger partial charge on any atom is -0.508 e. The van der Waals surface area contributed by atoms with Gasteiger partial charge in [0.2, 0.25) is 0 Å². The molecule has 0 saturated heterocycles. The topological polar surface area (TPSA) is 57.5 Å². The van der Waals surface area contributed by atoms with Crippen LogP contribution in [0.1, 0.15) is 36.0 Å². The smallest absolute Gasteiger partial charge is 0.304 e. The van der Waals surface area contributed by atoms with Gasteiger partial charge >= 0.3 is 5.97 Å². The lowest BCUT2D eigenvalue weighted by Gasteiger charge is -2.18. The second-order valence-electron chi connectivity index (χ2n) is 4.73. The first kappa shape index (κ1) is 11.0. The minimum absolute atomic E-state index is 0.172. The standard InChI is InChI=1S/C13H16O3/c1-8-9(2)11(14)4-3-10(8)13(5-6-13)7-12(15)16/h3-4,14H,5-7H2,1-2H3,(H,15,16). The van der Waals surface area contributed by atoms with Gasteiger partial charge < -0.3 is 10.2 Å². The summed E-state index contributed by atoms with van der Waals surface area (Å²) in [7, 11) is 0. The Morgan fingerprint density at radius 3 is 2.44 bits per heavy atom. The van der Waals surface area contributed by atoms with E-state index < -0.39 is 5.97 Å². The van der Waals surface area contributed by atoms with Gasteiger partial charge in [0.15, 0.2) is 0 Å². The highest BCUT2D eigenvalue weighted by atomic mass is 16.4. The lowest BCUT2D eigenvalue weighted by Crippen LogP contribution is -2.14. The van der Waals surface area contributed by atoms with Crippen LogP contribution in [0.4, 0.5) is 0 Å². The highest BCUT2D eigenvalue weighted by molar-refractivity contribution is 5.70. The lowest BCUT2D eigenvalue weighted by molar-refractivity contribution is -0.137. The molecular weight excluding hydrogens is 204 g/mol. The monoisotopic (exact) mass is 220 g/mol. The fourth-order valence-corrected chi connectivity index (χ4v) is 2.36. The number of hydrogen-bond donors (Lipinski definition) is 2. The molecule has 1 aromatic rings. The predicted octanol–water partition coefficient (Wildman–Crippen LogP) is 2.52. The zero-order valence-electron chi connectivity index (χ0n) is 9.58. The van der Waals surface area contributed by atoms with E-state index in [0.717, 1.165) is 29.5 Å². The fraction of sp³-hybridized carbons (Fsp3) is 0.462. The highest BCUT2D eigenvalue weighted by Gasteiger charge is 2.46. The van der Waals surface area contributed by atoms with E-state index in [2.05, 4.69) is 0 Å². The molecule has 0 aromatic heterocycles. The Labute approximate surface area is 94.7 Å². The van der Waals surface area contributed by atoms with Crippen LogP contribution in [-0.4, -0.2) is 16.2 Å². The van der Waals surface area contributed by atoms with E-state index in [9.17, 15) is 9.90 Å². The molecule has 2 rings (SSSR count). The molecule has 0 amide bonds. The van der Waals surface area contributed by atoms with Crippen molar-refractivity contribution < 1.29 is 15.0 Å². The molecule has 0 bridgehead atoms. The third kappa shape index (κ3) is 1.66. The number of phenolic OH excluding ortho intramolecular Hbond substituents is 1. The third-order valence-corrected chi connectivity index (χ3v) is 3.67. The molecule has 3 heteroatoms. The first-order valence-corrected chi connectivity index (χ1v) is 5.48. The van der Waals surface area contributed by atoms with Crippen molar-refractivity contribution in [1.82, 2.24) is 0 Å². The van der Waals surface area contributed by atoms with E-state index in [0.29, 0.717) is 0 Å². The molecule has 0 unspecified atom stereocenters. The Bertz CT molecular complexity index is 445. The Balaban J connectivity index is 2.42. The maximum atomic E-state index is 10.8. The Hall–Kier alpha value is -1.51. The predicted molar refractivity (Wildman–Crippen MR) is 60.7 cm³/mol. The number of carbonyl (C=O) groups is 1. The van der Waals surface area contributed by atoms with Crippen LogP contribution in [0.15, 0.2) is 12.1 Å². The summed E-state index contributed by atoms with van der Waals surface area (Å²) in [6.07, 6.45) is 2.06. The number of carboxylic acids is 1. The van der Waals surface area contributed by atoms with Crippen LogP contribution in [0.2, 0.25) is 0 Å². The van der Waals surface area contributed by atoms with Gasteiger partial charge in [-0.3, -0.25) is 4.79 Å². The van der Waals surface area contributed by atoms with Crippen molar-refractivity contribution in [2.75, 3.05) is 0 Å². The maximum Gasteiger partial charge on any atom is 0.304 e. The molecule has 0 heterocycles. The fourth-order valence-electron chi connectivity index (χ4n) is 2.36. The van der Waals surface area contributed by atoms with Crippen LogP contribution in [0, 0.1) is 13.8 Å². The maximum absolute atomic E-state index is 10.8. The molecule has 86 valence electrons. The Morgan fingerprint density at radius 1 is 1.31 bits per heavy atom. The van der Waals surface area contributed by atoms with Crippen LogP contribution < -0.4 is 0 Å². The van der Waals surface area contributed by atoms with Gasteiger partial charge in [-0.2, -0.15) is 0 Å². The number of phenols is 1. The SMILES string of the molecule is Cc1c(O)ccc(C2(CC(=O)O)CC2)c1C. The number of carboxylic acid groups (broad SMARTS) is 1. The van der Waals surface area contributed by atoms with Gasteiger partial charge in [-0.25, -0.2) is 0 Å². The largest absolute Gasteiger partial charge is 0.508 e. The summed E-state index contributed by atoms with van der Waals surface area (Å²) in [6, 6.07) is 3.53. The van der Waals surface area contributed by atoms with Crippen LogP contribution in [-0.2, 0) is 10.2 Å². The van der Waals surface area contributed by atoms with E-state index >= 15 is 0 Å². The first-order valence-electron chi connectivity index (χ1n) is 5.48. The highest BCUT2D eigenvalue weighted by Crippen LogP contribution is 2.52. The third-order valence-electron chi connectivity index (χ3n) is 3.67. The van der Waals surface area contributed by atoms with Crippen LogP contribution in [0.3, 0.4) is 0 Å². The number of hydrogen-bond acceptors (Lipinski definition) is 2. The molecule has 0 aliphatic heterocycles. The van der Waals surface area contributed by atoms with Crippen molar-refractivity contribution >= 4 is 5.97 Å². The first-order chi connectivity index (χ1) is 7.46. The molecule has 1 aliphatic rings. The number of benzene rings is 1. The lowest BCUT2D eigenvalue weighted by atomic mass is 9.87. The molecule has 1 fully saturated rings. The average Bonchev–Trinajstić information content (AvgIpc) is 2.94. The molecule has 1 saturated carbocycles. The molecule has 3 nitrogen and oxygen atoms in total. The molecule has 1 aliphatic carbocycles. The van der Waals surface area contributed by atoms with Crippen molar-refractivity contribution in [3.63, 3.8) is 0 Å². The Kier molecular flexibility index (Phi) is 2.41. The van der Waals surface area contributed by atoms with E-state index in [4.69, 9.17) is 5.11 Å². The molecule has 2 N–H and O–H groups in total. The summed E-state index contributed by atoms with van der Waals surface area (Å²) in [5.74, 6) is -0.463. The van der Waals surface area contributed by atoms with Crippen molar-refractivity contribution in [1.29, 1.82) is 0 Å². The van der Waals surface area contributed by atoms with E-state index in [1.165, 1.54) is 0 Å². The summed E-state index contributed by atoms with van der Waals surface area (Å²) in [5.41, 5.74) is 2.80. The van der Waals surface area contributed by atoms with Gasteiger partial charge in [0.25, 0.3) is 0 Å². The van der Waals surface area contributed by atoms with E-state index in [1.807, 2.05) is 19.9 Å². The van der Waals surface area contributed by atoms with Crippen molar-refractivity contribution in [3.8, 4) is 5.75 Å². The van der Waals surface area contributed by atoms with E-state index in [1.54, 1.807) is 6.07 Å². The van der Waals surface area contributed by atoms with Crippen LogP contribution >= 0.6 is 0 Å². The zero-order valence-corrected chi connectivity index (χ0v) is 9.58. The summed E-state index contributed by atoms with van der Waals surface area (Å²) in [4.78, 5) is 10.8. The summed E-state index contributed by atoms with van der Waals surface area (Å²) < 4.78 is 0. The molecule has 0 atom stereocenters. The zero-order chi connectivity index (χ0) is 11.9. The van der Waals surface area contributed by atoms with E-state index in [-0.39, 0.29) is 17.6 Å². The number of aromatic hydroxyl groups is 1. The average molecular weight is 220 g/mol. The molecule has 0 radical (unpaired) electrons. The molecule has 16 heavy (non-hydrogen) atoms. The van der Waals surface area contributed by atoms with Gasteiger partial charge in [-0.15, -0.1) is 0 Å². The second-order valence-corrected chi connectivity index (χ2v) is 4.73. The van der Waals surface area contributed by atoms with Gasteiger partial charge in [-0.1, -0.05) is 6.07 Å². The van der Waals surface area contributed by atoms with Gasteiger partial charge in [0.05, 0.1) is 6.42 Å². The van der Waals surface area contributed by atoms with Gasteiger partial charge in [0.1, 0.15) is 5.75 Å². The molecule has 1 aromatic carbocycles. The van der Waals surface area contributed by atoms with Crippen LogP contribution in [0.25, 0.3) is 0 Å².